The van der Waals surface area contributed by atoms with Crippen LogP contribution >= 0.6 is 0 Å². The largest absolute Gasteiger partial charge is 0.497 e. The van der Waals surface area contributed by atoms with Gasteiger partial charge in [0.1, 0.15) is 5.75 Å². The molecule has 6 heteroatoms. The number of hydrogen-bond acceptors (Lipinski definition) is 3. The minimum absolute atomic E-state index is 0.0262. The molecular weight excluding hydrogens is 378 g/mol. The van der Waals surface area contributed by atoms with E-state index in [4.69, 9.17) is 4.74 Å². The molecule has 1 heterocycles. The maximum Gasteiger partial charge on any atom is 0.321 e. The SMILES string of the molecule is COc1cccc(CC(=O)NCCC2CCN(C(=O)Nc3ccccc3C)CC2)c1. The van der Waals surface area contributed by atoms with E-state index in [1.54, 1.807) is 7.11 Å². The average molecular weight is 410 g/mol. The second kappa shape index (κ2) is 10.7. The van der Waals surface area contributed by atoms with Crippen LogP contribution in [0.25, 0.3) is 0 Å². The van der Waals surface area contributed by atoms with Crippen molar-refractivity contribution in [3.8, 4) is 5.75 Å². The Labute approximate surface area is 178 Å². The van der Waals surface area contributed by atoms with Crippen LogP contribution in [0, 0.1) is 12.8 Å². The van der Waals surface area contributed by atoms with Gasteiger partial charge in [-0.1, -0.05) is 30.3 Å². The van der Waals surface area contributed by atoms with Gasteiger partial charge in [0.2, 0.25) is 5.91 Å². The van der Waals surface area contributed by atoms with Gasteiger partial charge in [-0.05, 0) is 61.4 Å². The van der Waals surface area contributed by atoms with E-state index in [0.29, 0.717) is 18.9 Å². The van der Waals surface area contributed by atoms with Gasteiger partial charge in [-0.3, -0.25) is 4.79 Å². The van der Waals surface area contributed by atoms with Crippen LogP contribution in [0.1, 0.15) is 30.4 Å². The highest BCUT2D eigenvalue weighted by Crippen LogP contribution is 2.21. The van der Waals surface area contributed by atoms with E-state index in [-0.39, 0.29) is 11.9 Å². The molecule has 0 aliphatic carbocycles. The molecule has 0 atom stereocenters. The first-order chi connectivity index (χ1) is 14.5. The van der Waals surface area contributed by atoms with E-state index in [9.17, 15) is 9.59 Å². The zero-order chi connectivity index (χ0) is 21.3. The summed E-state index contributed by atoms with van der Waals surface area (Å²) in [5.74, 6) is 1.32. The van der Waals surface area contributed by atoms with Gasteiger partial charge >= 0.3 is 6.03 Å². The van der Waals surface area contributed by atoms with E-state index >= 15 is 0 Å². The topological polar surface area (TPSA) is 70.7 Å². The quantitative estimate of drug-likeness (QED) is 0.726. The summed E-state index contributed by atoms with van der Waals surface area (Å²) in [7, 11) is 1.62. The first-order valence-electron chi connectivity index (χ1n) is 10.6. The highest BCUT2D eigenvalue weighted by molar-refractivity contribution is 5.90. The highest BCUT2D eigenvalue weighted by Gasteiger charge is 2.23. The maximum atomic E-state index is 12.5. The Bertz CT molecular complexity index is 860. The van der Waals surface area contributed by atoms with E-state index < -0.39 is 0 Å². The standard InChI is InChI=1S/C24H31N3O3/c1-18-6-3-4-9-22(18)26-24(29)27-14-11-19(12-15-27)10-13-25-23(28)17-20-7-5-8-21(16-20)30-2/h3-9,16,19H,10-15,17H2,1-2H3,(H,25,28)(H,26,29). The summed E-state index contributed by atoms with van der Waals surface area (Å²) >= 11 is 0. The molecule has 3 rings (SSSR count). The van der Waals surface area contributed by atoms with Crippen LogP contribution in [0.3, 0.4) is 0 Å². The highest BCUT2D eigenvalue weighted by atomic mass is 16.5. The molecular formula is C24H31N3O3. The number of likely N-dealkylation sites (tertiary alicyclic amines) is 1. The lowest BCUT2D eigenvalue weighted by Gasteiger charge is -2.32. The number of benzene rings is 2. The molecule has 1 aliphatic rings. The number of carbonyl (C=O) groups is 2. The van der Waals surface area contributed by atoms with Gasteiger partial charge in [0.05, 0.1) is 13.5 Å². The monoisotopic (exact) mass is 409 g/mol. The molecule has 2 N–H and O–H groups in total. The summed E-state index contributed by atoms with van der Waals surface area (Å²) in [6.07, 6.45) is 3.23. The van der Waals surface area contributed by atoms with Gasteiger partial charge in [-0.25, -0.2) is 4.79 Å². The predicted molar refractivity (Wildman–Crippen MR) is 119 cm³/mol. The first-order valence-corrected chi connectivity index (χ1v) is 10.6. The lowest BCUT2D eigenvalue weighted by molar-refractivity contribution is -0.120. The molecule has 160 valence electrons. The Hall–Kier alpha value is -3.02. The molecule has 0 radical (unpaired) electrons. The van der Waals surface area contributed by atoms with Crippen LogP contribution < -0.4 is 15.4 Å². The fourth-order valence-electron chi connectivity index (χ4n) is 3.78. The van der Waals surface area contributed by atoms with E-state index in [1.165, 1.54) is 0 Å². The minimum atomic E-state index is -0.0330. The van der Waals surface area contributed by atoms with Crippen molar-refractivity contribution in [1.82, 2.24) is 10.2 Å². The fourth-order valence-corrected chi connectivity index (χ4v) is 3.78. The number of amides is 3. The Kier molecular flexibility index (Phi) is 7.71. The van der Waals surface area contributed by atoms with Gasteiger partial charge < -0.3 is 20.3 Å². The van der Waals surface area contributed by atoms with Crippen molar-refractivity contribution in [3.05, 3.63) is 59.7 Å². The van der Waals surface area contributed by atoms with Crippen molar-refractivity contribution in [3.63, 3.8) is 0 Å². The molecule has 0 aromatic heterocycles. The lowest BCUT2D eigenvalue weighted by Crippen LogP contribution is -2.41. The summed E-state index contributed by atoms with van der Waals surface area (Å²) in [5, 5.41) is 6.02. The summed E-state index contributed by atoms with van der Waals surface area (Å²) in [4.78, 5) is 26.6. The van der Waals surface area contributed by atoms with Crippen molar-refractivity contribution in [2.45, 2.75) is 32.6 Å². The van der Waals surface area contributed by atoms with Gasteiger partial charge in [0, 0.05) is 25.3 Å². The summed E-state index contributed by atoms with van der Waals surface area (Å²) in [6, 6.07) is 15.4. The van der Waals surface area contributed by atoms with Crippen molar-refractivity contribution < 1.29 is 14.3 Å². The molecule has 0 unspecified atom stereocenters. The van der Waals surface area contributed by atoms with Gasteiger partial charge in [0.15, 0.2) is 0 Å². The molecule has 2 aromatic carbocycles. The molecule has 1 aliphatic heterocycles. The number of nitrogens with one attached hydrogen (secondary N) is 2. The van der Waals surface area contributed by atoms with Gasteiger partial charge in [-0.15, -0.1) is 0 Å². The van der Waals surface area contributed by atoms with E-state index in [1.807, 2.05) is 60.4 Å². The number of para-hydroxylation sites is 1. The molecule has 2 aromatic rings. The molecule has 1 fully saturated rings. The van der Waals surface area contributed by atoms with Crippen LogP contribution in [0.5, 0.6) is 5.75 Å². The summed E-state index contributed by atoms with van der Waals surface area (Å²) in [6.45, 7) is 4.16. The average Bonchev–Trinajstić information content (AvgIpc) is 2.76. The lowest BCUT2D eigenvalue weighted by atomic mass is 9.93. The Morgan fingerprint density at radius 3 is 2.60 bits per heavy atom. The van der Waals surface area contributed by atoms with Crippen molar-refractivity contribution >= 4 is 17.6 Å². The molecule has 1 saturated heterocycles. The smallest absolute Gasteiger partial charge is 0.321 e. The van der Waals surface area contributed by atoms with E-state index in [0.717, 1.165) is 54.9 Å². The number of anilines is 1. The number of hydrogen-bond donors (Lipinski definition) is 2. The van der Waals surface area contributed by atoms with Crippen molar-refractivity contribution in [1.29, 1.82) is 0 Å². The molecule has 0 bridgehead atoms. The van der Waals surface area contributed by atoms with Crippen LogP contribution in [0.4, 0.5) is 10.5 Å². The maximum absolute atomic E-state index is 12.5. The summed E-state index contributed by atoms with van der Waals surface area (Å²) < 4.78 is 5.20. The molecule has 6 nitrogen and oxygen atoms in total. The second-order valence-electron chi connectivity index (χ2n) is 7.84. The van der Waals surface area contributed by atoms with Crippen molar-refractivity contribution in [2.75, 3.05) is 32.1 Å². The number of urea groups is 1. The Morgan fingerprint density at radius 1 is 1.10 bits per heavy atom. The normalized spacial score (nSPS) is 14.3. The van der Waals surface area contributed by atoms with Crippen LogP contribution in [-0.2, 0) is 11.2 Å². The minimum Gasteiger partial charge on any atom is -0.497 e. The number of rotatable bonds is 7. The van der Waals surface area contributed by atoms with Crippen LogP contribution in [0.15, 0.2) is 48.5 Å². The third-order valence-corrected chi connectivity index (χ3v) is 5.66. The molecule has 30 heavy (non-hydrogen) atoms. The van der Waals surface area contributed by atoms with Crippen LogP contribution in [0.2, 0.25) is 0 Å². The third kappa shape index (κ3) is 6.24. The number of ether oxygens (including phenoxy) is 1. The summed E-state index contributed by atoms with van der Waals surface area (Å²) in [5.41, 5.74) is 2.87. The first kappa shape index (κ1) is 21.7. The Balaban J connectivity index is 1.35. The molecule has 0 spiro atoms. The van der Waals surface area contributed by atoms with Crippen LogP contribution in [-0.4, -0.2) is 43.6 Å². The number of nitrogens with zero attached hydrogens (tertiary/aromatic N) is 1. The zero-order valence-corrected chi connectivity index (χ0v) is 17.8. The Morgan fingerprint density at radius 2 is 1.87 bits per heavy atom. The fraction of sp³-hybridized carbons (Fsp3) is 0.417. The van der Waals surface area contributed by atoms with Gasteiger partial charge in [0.25, 0.3) is 0 Å². The number of aryl methyl sites for hydroxylation is 1. The number of carbonyl (C=O) groups excluding carboxylic acids is 2. The van der Waals surface area contributed by atoms with Crippen molar-refractivity contribution in [2.24, 2.45) is 5.92 Å². The predicted octanol–water partition coefficient (Wildman–Crippen LogP) is 4.00. The van der Waals surface area contributed by atoms with E-state index in [2.05, 4.69) is 10.6 Å². The number of piperidine rings is 1. The van der Waals surface area contributed by atoms with Gasteiger partial charge in [-0.2, -0.15) is 0 Å². The number of methoxy groups -OCH3 is 1. The second-order valence-corrected chi connectivity index (χ2v) is 7.84. The molecule has 3 amide bonds. The molecule has 0 saturated carbocycles. The third-order valence-electron chi connectivity index (χ3n) is 5.66. The zero-order valence-electron chi connectivity index (χ0n) is 17.8.